The molecule has 0 fully saturated rings. The topological polar surface area (TPSA) is 37.4 Å². The van der Waals surface area contributed by atoms with E-state index in [9.17, 15) is 9.59 Å². The van der Waals surface area contributed by atoms with Gasteiger partial charge in [-0.1, -0.05) is 66.2 Å². The van der Waals surface area contributed by atoms with Gasteiger partial charge in [-0.05, 0) is 61.6 Å². The van der Waals surface area contributed by atoms with Crippen molar-refractivity contribution in [2.24, 2.45) is 0 Å². The number of benzene rings is 3. The Hall–Kier alpha value is -3.11. The average molecular weight is 428 g/mol. The molecule has 2 amide bonds. The summed E-state index contributed by atoms with van der Waals surface area (Å²) in [5.74, 6) is 0.139. The molecule has 0 unspecified atom stereocenters. The van der Waals surface area contributed by atoms with Crippen LogP contribution < -0.4 is 4.90 Å². The molecule has 1 aliphatic rings. The van der Waals surface area contributed by atoms with Gasteiger partial charge in [0.15, 0.2) is 0 Å². The van der Waals surface area contributed by atoms with Crippen LogP contribution in [-0.4, -0.2) is 11.8 Å². The molecule has 0 aromatic heterocycles. The van der Waals surface area contributed by atoms with Crippen molar-refractivity contribution in [2.75, 3.05) is 4.90 Å². The third-order valence-corrected chi connectivity index (χ3v) is 6.67. The molecule has 0 saturated heterocycles. The van der Waals surface area contributed by atoms with Crippen molar-refractivity contribution in [1.29, 1.82) is 0 Å². The molecule has 0 atom stereocenters. The quantitative estimate of drug-likeness (QED) is 0.459. The van der Waals surface area contributed by atoms with Gasteiger partial charge in [0.25, 0.3) is 11.8 Å². The predicted molar refractivity (Wildman–Crippen MR) is 129 cm³/mol. The van der Waals surface area contributed by atoms with Crippen LogP contribution in [0.3, 0.4) is 0 Å². The van der Waals surface area contributed by atoms with E-state index in [1.807, 2.05) is 88.4 Å². The van der Waals surface area contributed by atoms with Crippen molar-refractivity contribution in [3.05, 3.63) is 105 Å². The van der Waals surface area contributed by atoms with Crippen LogP contribution in [0, 0.1) is 27.7 Å². The second kappa shape index (κ2) is 8.56. The van der Waals surface area contributed by atoms with Crippen molar-refractivity contribution < 1.29 is 9.59 Å². The monoisotopic (exact) mass is 427 g/mol. The lowest BCUT2D eigenvalue weighted by molar-refractivity contribution is -0.119. The molecule has 4 heteroatoms. The molecule has 0 spiro atoms. The SMILES string of the molecule is Cc1ccc(C2=C(SCc3ccccc3)C(=O)N(c3cc(C)ccc3C)C2=O)c(C)c1. The van der Waals surface area contributed by atoms with Crippen LogP contribution in [0.4, 0.5) is 5.69 Å². The summed E-state index contributed by atoms with van der Waals surface area (Å²) in [6.07, 6.45) is 0. The second-order valence-electron chi connectivity index (χ2n) is 8.03. The van der Waals surface area contributed by atoms with Crippen molar-refractivity contribution in [2.45, 2.75) is 33.4 Å². The van der Waals surface area contributed by atoms with Crippen molar-refractivity contribution in [1.82, 2.24) is 0 Å². The summed E-state index contributed by atoms with van der Waals surface area (Å²) < 4.78 is 0. The van der Waals surface area contributed by atoms with Gasteiger partial charge < -0.3 is 0 Å². The standard InChI is InChI=1S/C27H25NO2S/c1-17-11-13-22(20(4)14-17)24-25(31-16-21-8-6-5-7-9-21)27(30)28(26(24)29)23-15-18(2)10-12-19(23)3/h5-15H,16H2,1-4H3. The number of amides is 2. The fourth-order valence-electron chi connectivity index (χ4n) is 3.88. The van der Waals surface area contributed by atoms with Crippen LogP contribution in [0.25, 0.3) is 5.57 Å². The molecule has 0 bridgehead atoms. The van der Waals surface area contributed by atoms with E-state index in [4.69, 9.17) is 0 Å². The molecule has 156 valence electrons. The second-order valence-corrected chi connectivity index (χ2v) is 9.02. The Balaban J connectivity index is 1.81. The first-order chi connectivity index (χ1) is 14.9. The van der Waals surface area contributed by atoms with E-state index in [1.54, 1.807) is 0 Å². The maximum atomic E-state index is 13.7. The number of hydrogen-bond donors (Lipinski definition) is 0. The molecule has 0 N–H and O–H groups in total. The minimum absolute atomic E-state index is 0.241. The normalized spacial score (nSPS) is 14.0. The molecule has 1 heterocycles. The number of hydrogen-bond acceptors (Lipinski definition) is 3. The van der Waals surface area contributed by atoms with Crippen LogP contribution in [0.5, 0.6) is 0 Å². The van der Waals surface area contributed by atoms with E-state index in [0.29, 0.717) is 21.9 Å². The highest BCUT2D eigenvalue weighted by atomic mass is 32.2. The number of carbonyl (C=O) groups is 2. The van der Waals surface area contributed by atoms with Gasteiger partial charge in [0.1, 0.15) is 0 Å². The van der Waals surface area contributed by atoms with E-state index in [0.717, 1.165) is 33.4 Å². The molecular weight excluding hydrogens is 402 g/mol. The third kappa shape index (κ3) is 4.08. The van der Waals surface area contributed by atoms with Gasteiger partial charge in [-0.25, -0.2) is 4.90 Å². The van der Waals surface area contributed by atoms with Crippen LogP contribution in [-0.2, 0) is 15.3 Å². The summed E-state index contributed by atoms with van der Waals surface area (Å²) in [5, 5.41) is 0. The Morgan fingerprint density at radius 3 is 2.13 bits per heavy atom. The number of carbonyl (C=O) groups excluding carboxylic acids is 2. The van der Waals surface area contributed by atoms with E-state index in [1.165, 1.54) is 16.7 Å². The largest absolute Gasteiger partial charge is 0.272 e. The van der Waals surface area contributed by atoms with E-state index < -0.39 is 0 Å². The number of thioether (sulfide) groups is 1. The van der Waals surface area contributed by atoms with Crippen molar-refractivity contribution >= 4 is 34.8 Å². The number of rotatable bonds is 5. The summed E-state index contributed by atoms with van der Waals surface area (Å²) in [7, 11) is 0. The molecular formula is C27H25NO2S. The molecule has 3 aromatic carbocycles. The van der Waals surface area contributed by atoms with Gasteiger partial charge >= 0.3 is 0 Å². The predicted octanol–water partition coefficient (Wildman–Crippen LogP) is 6.14. The lowest BCUT2D eigenvalue weighted by atomic mass is 9.98. The average Bonchev–Trinajstić information content (AvgIpc) is 2.98. The number of aryl methyl sites for hydroxylation is 4. The highest BCUT2D eigenvalue weighted by Gasteiger charge is 2.41. The number of imide groups is 1. The zero-order valence-electron chi connectivity index (χ0n) is 18.2. The first-order valence-electron chi connectivity index (χ1n) is 10.3. The molecule has 31 heavy (non-hydrogen) atoms. The Morgan fingerprint density at radius 1 is 0.742 bits per heavy atom. The Kier molecular flexibility index (Phi) is 5.84. The zero-order valence-corrected chi connectivity index (χ0v) is 19.0. The smallest absolute Gasteiger partial charge is 0.268 e. The number of nitrogens with zero attached hydrogens (tertiary/aromatic N) is 1. The van der Waals surface area contributed by atoms with Gasteiger partial charge in [0.2, 0.25) is 0 Å². The molecule has 1 aliphatic heterocycles. The summed E-state index contributed by atoms with van der Waals surface area (Å²) in [6.45, 7) is 7.92. The molecule has 0 saturated carbocycles. The van der Waals surface area contributed by atoms with Crippen molar-refractivity contribution in [3.8, 4) is 0 Å². The van der Waals surface area contributed by atoms with E-state index >= 15 is 0 Å². The van der Waals surface area contributed by atoms with Crippen LogP contribution >= 0.6 is 11.8 Å². The number of anilines is 1. The zero-order chi connectivity index (χ0) is 22.1. The fourth-order valence-corrected chi connectivity index (χ4v) is 4.94. The summed E-state index contributed by atoms with van der Waals surface area (Å²) in [5.41, 5.74) is 7.15. The summed E-state index contributed by atoms with van der Waals surface area (Å²) in [6, 6.07) is 21.9. The molecule has 3 aromatic rings. The lowest BCUT2D eigenvalue weighted by Crippen LogP contribution is -2.32. The van der Waals surface area contributed by atoms with Gasteiger partial charge in [-0.15, -0.1) is 11.8 Å². The molecule has 0 aliphatic carbocycles. The maximum absolute atomic E-state index is 13.7. The highest BCUT2D eigenvalue weighted by molar-refractivity contribution is 8.03. The van der Waals surface area contributed by atoms with Crippen LogP contribution in [0.2, 0.25) is 0 Å². The fraction of sp³-hybridized carbons (Fsp3) is 0.185. The molecule has 4 rings (SSSR count). The van der Waals surface area contributed by atoms with E-state index in [2.05, 4.69) is 6.07 Å². The highest BCUT2D eigenvalue weighted by Crippen LogP contribution is 2.41. The Bertz CT molecular complexity index is 1210. The minimum Gasteiger partial charge on any atom is -0.268 e. The Labute approximate surface area is 187 Å². The van der Waals surface area contributed by atoms with Crippen LogP contribution in [0.15, 0.2) is 71.6 Å². The molecule has 0 radical (unpaired) electrons. The van der Waals surface area contributed by atoms with Gasteiger partial charge in [-0.3, -0.25) is 9.59 Å². The lowest BCUT2D eigenvalue weighted by Gasteiger charge is -2.18. The van der Waals surface area contributed by atoms with Gasteiger partial charge in [0, 0.05) is 5.75 Å². The van der Waals surface area contributed by atoms with Crippen LogP contribution in [0.1, 0.15) is 33.4 Å². The minimum atomic E-state index is -0.249. The third-order valence-electron chi connectivity index (χ3n) is 5.52. The Morgan fingerprint density at radius 2 is 1.42 bits per heavy atom. The van der Waals surface area contributed by atoms with Gasteiger partial charge in [0.05, 0.1) is 16.2 Å². The summed E-state index contributed by atoms with van der Waals surface area (Å²) in [4.78, 5) is 29.1. The first kappa shape index (κ1) is 21.1. The van der Waals surface area contributed by atoms with E-state index in [-0.39, 0.29) is 11.8 Å². The van der Waals surface area contributed by atoms with Gasteiger partial charge in [-0.2, -0.15) is 0 Å². The summed E-state index contributed by atoms with van der Waals surface area (Å²) >= 11 is 1.44. The van der Waals surface area contributed by atoms with Crippen molar-refractivity contribution in [3.63, 3.8) is 0 Å². The molecule has 3 nitrogen and oxygen atoms in total. The first-order valence-corrected chi connectivity index (χ1v) is 11.3. The maximum Gasteiger partial charge on any atom is 0.272 e.